The zero-order chi connectivity index (χ0) is 11.8. The van der Waals surface area contributed by atoms with E-state index in [-0.39, 0.29) is 24.4 Å². The second kappa shape index (κ2) is 9.45. The first-order valence-electron chi connectivity index (χ1n) is 5.78. The molecule has 0 radical (unpaired) electrons. The van der Waals surface area contributed by atoms with Crippen LogP contribution in [0.4, 0.5) is 0 Å². The van der Waals surface area contributed by atoms with Gasteiger partial charge in [0.25, 0.3) is 0 Å². The molecule has 1 rings (SSSR count). The summed E-state index contributed by atoms with van der Waals surface area (Å²) in [6, 6.07) is 4.07. The molecule has 0 saturated carbocycles. The maximum Gasteiger partial charge on any atom is 0.225 e. The summed E-state index contributed by atoms with van der Waals surface area (Å²) in [5.74, 6) is 0.0778. The van der Waals surface area contributed by atoms with Crippen LogP contribution in [-0.4, -0.2) is 18.5 Å². The predicted octanol–water partition coefficient (Wildman–Crippen LogP) is 2.35. The number of carbonyl (C=O) groups is 1. The Kier molecular flexibility index (Phi) is 9.13. The Balaban J connectivity index is 0.00000256. The van der Waals surface area contributed by atoms with Crippen LogP contribution in [0.3, 0.4) is 0 Å². The Morgan fingerprint density at radius 2 is 2.35 bits per heavy atom. The van der Waals surface area contributed by atoms with E-state index in [1.165, 1.54) is 0 Å². The third kappa shape index (κ3) is 6.66. The van der Waals surface area contributed by atoms with Crippen molar-refractivity contribution in [2.75, 3.05) is 6.54 Å². The van der Waals surface area contributed by atoms with Crippen LogP contribution in [0.15, 0.2) is 17.5 Å². The highest BCUT2D eigenvalue weighted by Gasteiger charge is 2.10. The van der Waals surface area contributed by atoms with Crippen molar-refractivity contribution in [3.63, 3.8) is 0 Å². The molecule has 3 nitrogen and oxygen atoms in total. The van der Waals surface area contributed by atoms with Gasteiger partial charge in [-0.1, -0.05) is 25.8 Å². The molecule has 0 aromatic carbocycles. The number of amides is 1. The van der Waals surface area contributed by atoms with Gasteiger partial charge in [0, 0.05) is 17.5 Å². The Bertz CT molecular complexity index is 303. The topological polar surface area (TPSA) is 55.1 Å². The number of thiophene rings is 1. The summed E-state index contributed by atoms with van der Waals surface area (Å²) in [7, 11) is 0. The van der Waals surface area contributed by atoms with E-state index in [1.807, 2.05) is 17.5 Å². The molecule has 0 aliphatic carbocycles. The molecule has 0 saturated heterocycles. The monoisotopic (exact) mass is 276 g/mol. The summed E-state index contributed by atoms with van der Waals surface area (Å²) in [5.41, 5.74) is 5.62. The van der Waals surface area contributed by atoms with Crippen molar-refractivity contribution in [1.29, 1.82) is 0 Å². The fourth-order valence-corrected chi connectivity index (χ4v) is 2.25. The quantitative estimate of drug-likeness (QED) is 0.803. The molecular formula is C12H21ClN2OS. The molecule has 17 heavy (non-hydrogen) atoms. The summed E-state index contributed by atoms with van der Waals surface area (Å²) in [4.78, 5) is 12.8. The van der Waals surface area contributed by atoms with Gasteiger partial charge in [-0.25, -0.2) is 0 Å². The maximum absolute atomic E-state index is 11.7. The number of hydrogen-bond donors (Lipinski definition) is 2. The molecule has 1 aromatic heterocycles. The summed E-state index contributed by atoms with van der Waals surface area (Å²) < 4.78 is 0. The molecule has 0 aliphatic rings. The van der Waals surface area contributed by atoms with E-state index in [9.17, 15) is 4.79 Å². The van der Waals surface area contributed by atoms with Gasteiger partial charge in [-0.05, 0) is 17.9 Å². The van der Waals surface area contributed by atoms with Gasteiger partial charge in [-0.2, -0.15) is 0 Å². The summed E-state index contributed by atoms with van der Waals surface area (Å²) in [6.07, 6.45) is 3.70. The summed E-state index contributed by atoms with van der Waals surface area (Å²) in [6.45, 7) is 2.66. The summed E-state index contributed by atoms with van der Waals surface area (Å²) in [5, 5.41) is 4.97. The van der Waals surface area contributed by atoms with Crippen molar-refractivity contribution < 1.29 is 4.79 Å². The molecule has 0 aliphatic heterocycles. The molecule has 98 valence electrons. The van der Waals surface area contributed by atoms with E-state index in [0.717, 1.165) is 24.1 Å². The molecule has 0 spiro atoms. The van der Waals surface area contributed by atoms with Gasteiger partial charge in [0.2, 0.25) is 5.91 Å². The van der Waals surface area contributed by atoms with Crippen molar-refractivity contribution in [2.45, 2.75) is 38.6 Å². The van der Waals surface area contributed by atoms with Crippen molar-refractivity contribution in [2.24, 2.45) is 5.73 Å². The molecule has 3 N–H and O–H groups in total. The van der Waals surface area contributed by atoms with Crippen LogP contribution in [-0.2, 0) is 11.2 Å². The van der Waals surface area contributed by atoms with Crippen molar-refractivity contribution >= 4 is 29.7 Å². The molecule has 5 heteroatoms. The van der Waals surface area contributed by atoms with E-state index in [2.05, 4.69) is 12.2 Å². The zero-order valence-electron chi connectivity index (χ0n) is 10.1. The third-order valence-corrected chi connectivity index (χ3v) is 3.35. The zero-order valence-corrected chi connectivity index (χ0v) is 11.8. The van der Waals surface area contributed by atoms with E-state index in [4.69, 9.17) is 5.73 Å². The molecule has 1 amide bonds. The second-order valence-electron chi connectivity index (χ2n) is 3.90. The van der Waals surface area contributed by atoms with Gasteiger partial charge in [0.05, 0.1) is 6.42 Å². The number of hydrogen-bond acceptors (Lipinski definition) is 3. The first-order valence-corrected chi connectivity index (χ1v) is 6.66. The largest absolute Gasteiger partial charge is 0.352 e. The van der Waals surface area contributed by atoms with Crippen molar-refractivity contribution in [3.8, 4) is 0 Å². The Morgan fingerprint density at radius 1 is 1.59 bits per heavy atom. The predicted molar refractivity (Wildman–Crippen MR) is 75.8 cm³/mol. The number of nitrogens with two attached hydrogens (primary N) is 1. The molecule has 0 fully saturated rings. The number of halogens is 1. The SMILES string of the molecule is CCCCC(CN)NC(=O)Cc1cccs1.Cl. The molecule has 1 heterocycles. The van der Waals surface area contributed by atoms with Crippen LogP contribution in [0.2, 0.25) is 0 Å². The minimum Gasteiger partial charge on any atom is -0.352 e. The highest BCUT2D eigenvalue weighted by Crippen LogP contribution is 2.09. The maximum atomic E-state index is 11.7. The molecule has 1 unspecified atom stereocenters. The lowest BCUT2D eigenvalue weighted by Gasteiger charge is -2.16. The number of carbonyl (C=O) groups excluding carboxylic acids is 1. The minimum atomic E-state index is 0. The van der Waals surface area contributed by atoms with Crippen LogP contribution in [0, 0.1) is 0 Å². The molecular weight excluding hydrogens is 256 g/mol. The molecule has 0 bridgehead atoms. The molecule has 1 atom stereocenters. The fourth-order valence-electron chi connectivity index (χ4n) is 1.55. The van der Waals surface area contributed by atoms with Crippen LogP contribution >= 0.6 is 23.7 Å². The average molecular weight is 277 g/mol. The number of nitrogens with one attached hydrogen (secondary N) is 1. The second-order valence-corrected chi connectivity index (χ2v) is 4.93. The molecule has 1 aromatic rings. The van der Waals surface area contributed by atoms with Crippen molar-refractivity contribution in [3.05, 3.63) is 22.4 Å². The van der Waals surface area contributed by atoms with E-state index in [0.29, 0.717) is 13.0 Å². The van der Waals surface area contributed by atoms with Gasteiger partial charge in [0.1, 0.15) is 0 Å². The Morgan fingerprint density at radius 3 is 2.88 bits per heavy atom. The van der Waals surface area contributed by atoms with Gasteiger partial charge in [0.15, 0.2) is 0 Å². The average Bonchev–Trinajstić information content (AvgIpc) is 2.76. The van der Waals surface area contributed by atoms with E-state index in [1.54, 1.807) is 11.3 Å². The van der Waals surface area contributed by atoms with Gasteiger partial charge in [-0.15, -0.1) is 23.7 Å². The van der Waals surface area contributed by atoms with Crippen LogP contribution in [0.25, 0.3) is 0 Å². The van der Waals surface area contributed by atoms with E-state index >= 15 is 0 Å². The van der Waals surface area contributed by atoms with Crippen LogP contribution in [0.1, 0.15) is 31.1 Å². The lowest BCUT2D eigenvalue weighted by molar-refractivity contribution is -0.121. The highest BCUT2D eigenvalue weighted by molar-refractivity contribution is 7.10. The minimum absolute atomic E-state index is 0. The van der Waals surface area contributed by atoms with Gasteiger partial charge < -0.3 is 11.1 Å². The van der Waals surface area contributed by atoms with Gasteiger partial charge in [-0.3, -0.25) is 4.79 Å². The van der Waals surface area contributed by atoms with Crippen LogP contribution < -0.4 is 11.1 Å². The summed E-state index contributed by atoms with van der Waals surface area (Å²) >= 11 is 1.61. The Labute approximate surface area is 113 Å². The smallest absolute Gasteiger partial charge is 0.225 e. The lowest BCUT2D eigenvalue weighted by Crippen LogP contribution is -2.40. The van der Waals surface area contributed by atoms with Crippen molar-refractivity contribution in [1.82, 2.24) is 5.32 Å². The first-order chi connectivity index (χ1) is 7.76. The number of rotatable bonds is 7. The highest BCUT2D eigenvalue weighted by atomic mass is 35.5. The van der Waals surface area contributed by atoms with E-state index < -0.39 is 0 Å². The lowest BCUT2D eigenvalue weighted by atomic mass is 10.1. The van der Waals surface area contributed by atoms with Crippen LogP contribution in [0.5, 0.6) is 0 Å². The first kappa shape index (κ1) is 16.4. The van der Waals surface area contributed by atoms with Gasteiger partial charge >= 0.3 is 0 Å². The Hall–Kier alpha value is -0.580. The fraction of sp³-hybridized carbons (Fsp3) is 0.583. The standard InChI is InChI=1S/C12H20N2OS.ClH/c1-2-3-5-10(9-13)14-12(15)8-11-6-4-7-16-11;/h4,6-7,10H,2-3,5,8-9,13H2,1H3,(H,14,15);1H. The number of unbranched alkanes of at least 4 members (excludes halogenated alkanes) is 1. The third-order valence-electron chi connectivity index (χ3n) is 2.47. The normalized spacial score (nSPS) is 11.6.